The second-order valence-electron chi connectivity index (χ2n) is 6.23. The molecule has 8 nitrogen and oxygen atoms in total. The number of nitrogens with zero attached hydrogens (tertiary/aromatic N) is 1. The van der Waals surface area contributed by atoms with Crippen molar-refractivity contribution in [3.8, 4) is 17.6 Å². The van der Waals surface area contributed by atoms with Crippen molar-refractivity contribution in [3.05, 3.63) is 47.5 Å². The molecule has 0 aromatic heterocycles. The minimum absolute atomic E-state index is 0.250. The van der Waals surface area contributed by atoms with Crippen LogP contribution in [0.2, 0.25) is 0 Å². The van der Waals surface area contributed by atoms with Gasteiger partial charge in [0, 0.05) is 6.54 Å². The zero-order valence-corrected chi connectivity index (χ0v) is 17.3. The normalized spacial score (nSPS) is 9.93. The molecule has 1 amide bonds. The van der Waals surface area contributed by atoms with Crippen LogP contribution in [0.5, 0.6) is 11.5 Å². The average molecular weight is 411 g/mol. The van der Waals surface area contributed by atoms with Gasteiger partial charge in [0.1, 0.15) is 6.42 Å². The van der Waals surface area contributed by atoms with Gasteiger partial charge < -0.3 is 24.8 Å². The number of nitriles is 1. The van der Waals surface area contributed by atoms with Gasteiger partial charge in [-0.2, -0.15) is 5.26 Å². The minimum atomic E-state index is -0.481. The Hall–Kier alpha value is -3.73. The predicted octanol–water partition coefficient (Wildman–Crippen LogP) is 3.39. The van der Waals surface area contributed by atoms with E-state index in [1.165, 1.54) is 6.07 Å². The number of methoxy groups -OCH3 is 2. The third kappa shape index (κ3) is 6.14. The maximum absolute atomic E-state index is 12.0. The number of anilines is 2. The summed E-state index contributed by atoms with van der Waals surface area (Å²) in [5, 5.41) is 14.6. The van der Waals surface area contributed by atoms with Crippen LogP contribution >= 0.6 is 0 Å². The molecule has 2 aromatic rings. The van der Waals surface area contributed by atoms with Crippen LogP contribution in [0.25, 0.3) is 0 Å². The number of esters is 1. The van der Waals surface area contributed by atoms with Gasteiger partial charge >= 0.3 is 5.97 Å². The van der Waals surface area contributed by atoms with Gasteiger partial charge in [-0.25, -0.2) is 4.79 Å². The molecule has 0 fully saturated rings. The number of hydrogen-bond donors (Lipinski definition) is 2. The van der Waals surface area contributed by atoms with Gasteiger partial charge in [-0.1, -0.05) is 6.07 Å². The number of amides is 1. The molecule has 0 heterocycles. The summed E-state index contributed by atoms with van der Waals surface area (Å²) in [4.78, 5) is 23.9. The second-order valence-corrected chi connectivity index (χ2v) is 6.23. The standard InChI is InChI=1S/C22H25N3O5/c1-4-30-22(27)16-6-7-17(18(14-16)25-21(26)9-11-23)24-12-10-15-5-8-19(28-2)20(13-15)29-3/h5-8,13-14,24H,4,9-10,12H2,1-3H3,(H,25,26). The van der Waals surface area contributed by atoms with Gasteiger partial charge in [0.15, 0.2) is 11.5 Å². The Balaban J connectivity index is 2.14. The number of ether oxygens (including phenoxy) is 3. The van der Waals surface area contributed by atoms with Gasteiger partial charge in [0.25, 0.3) is 0 Å². The number of carbonyl (C=O) groups is 2. The highest BCUT2D eigenvalue weighted by Gasteiger charge is 2.13. The molecular weight excluding hydrogens is 386 g/mol. The van der Waals surface area contributed by atoms with Crippen molar-refractivity contribution >= 4 is 23.3 Å². The topological polar surface area (TPSA) is 110 Å². The van der Waals surface area contributed by atoms with Crippen molar-refractivity contribution in [1.29, 1.82) is 5.26 Å². The largest absolute Gasteiger partial charge is 0.493 e. The first-order valence-corrected chi connectivity index (χ1v) is 9.45. The number of rotatable bonds is 10. The summed E-state index contributed by atoms with van der Waals surface area (Å²) in [5.74, 6) is 0.371. The van der Waals surface area contributed by atoms with Crippen molar-refractivity contribution < 1.29 is 23.8 Å². The fourth-order valence-corrected chi connectivity index (χ4v) is 2.79. The van der Waals surface area contributed by atoms with Crippen LogP contribution in [0.3, 0.4) is 0 Å². The molecule has 0 unspecified atom stereocenters. The zero-order chi connectivity index (χ0) is 21.9. The molecule has 0 aliphatic heterocycles. The van der Waals surface area contributed by atoms with Crippen molar-refractivity contribution in [2.75, 3.05) is 38.0 Å². The molecular formula is C22H25N3O5. The highest BCUT2D eigenvalue weighted by Crippen LogP contribution is 2.28. The molecule has 0 saturated carbocycles. The number of benzene rings is 2. The fraction of sp³-hybridized carbons (Fsp3) is 0.318. The highest BCUT2D eigenvalue weighted by molar-refractivity contribution is 5.98. The Bertz CT molecular complexity index is 937. The van der Waals surface area contributed by atoms with E-state index in [1.54, 1.807) is 39.3 Å². The SMILES string of the molecule is CCOC(=O)c1ccc(NCCc2ccc(OC)c(OC)c2)c(NC(=O)CC#N)c1. The van der Waals surface area contributed by atoms with Gasteiger partial charge in [-0.05, 0) is 49.2 Å². The molecule has 8 heteroatoms. The van der Waals surface area contributed by atoms with E-state index in [4.69, 9.17) is 19.5 Å². The molecule has 2 rings (SSSR count). The van der Waals surface area contributed by atoms with Crippen molar-refractivity contribution in [2.24, 2.45) is 0 Å². The van der Waals surface area contributed by atoms with E-state index in [0.717, 1.165) is 5.56 Å². The maximum atomic E-state index is 12.0. The molecule has 0 bridgehead atoms. The Morgan fingerprint density at radius 2 is 1.80 bits per heavy atom. The van der Waals surface area contributed by atoms with E-state index in [1.807, 2.05) is 18.2 Å². The van der Waals surface area contributed by atoms with Crippen molar-refractivity contribution in [1.82, 2.24) is 0 Å². The molecule has 0 radical (unpaired) electrons. The van der Waals surface area contributed by atoms with E-state index in [0.29, 0.717) is 41.4 Å². The fourth-order valence-electron chi connectivity index (χ4n) is 2.79. The first-order valence-electron chi connectivity index (χ1n) is 9.45. The van der Waals surface area contributed by atoms with E-state index in [-0.39, 0.29) is 13.0 Å². The van der Waals surface area contributed by atoms with Crippen LogP contribution in [0.1, 0.15) is 29.3 Å². The summed E-state index contributed by atoms with van der Waals surface area (Å²) in [5.41, 5.74) is 2.40. The average Bonchev–Trinajstić information content (AvgIpc) is 2.74. The third-order valence-corrected chi connectivity index (χ3v) is 4.22. The smallest absolute Gasteiger partial charge is 0.338 e. The van der Waals surface area contributed by atoms with Crippen LogP contribution < -0.4 is 20.1 Å². The molecule has 0 atom stereocenters. The second kappa shape index (κ2) is 11.3. The molecule has 2 aromatic carbocycles. The van der Waals surface area contributed by atoms with E-state index in [9.17, 15) is 9.59 Å². The quantitative estimate of drug-likeness (QED) is 0.577. The van der Waals surface area contributed by atoms with Gasteiger partial charge in [0.05, 0.1) is 43.8 Å². The Kier molecular flexibility index (Phi) is 8.51. The van der Waals surface area contributed by atoms with E-state index < -0.39 is 11.9 Å². The van der Waals surface area contributed by atoms with E-state index in [2.05, 4.69) is 10.6 Å². The molecule has 0 spiro atoms. The lowest BCUT2D eigenvalue weighted by atomic mass is 10.1. The Labute approximate surface area is 175 Å². The van der Waals surface area contributed by atoms with Gasteiger partial charge in [-0.3, -0.25) is 4.79 Å². The van der Waals surface area contributed by atoms with Crippen LogP contribution in [0.15, 0.2) is 36.4 Å². The van der Waals surface area contributed by atoms with Crippen molar-refractivity contribution in [2.45, 2.75) is 19.8 Å². The minimum Gasteiger partial charge on any atom is -0.493 e. The molecule has 30 heavy (non-hydrogen) atoms. The molecule has 0 aliphatic rings. The van der Waals surface area contributed by atoms with Crippen LogP contribution in [-0.2, 0) is 16.0 Å². The first-order chi connectivity index (χ1) is 14.5. The maximum Gasteiger partial charge on any atom is 0.338 e. The molecule has 2 N–H and O–H groups in total. The predicted molar refractivity (Wildman–Crippen MR) is 113 cm³/mol. The summed E-state index contributed by atoms with van der Waals surface area (Å²) in [6.45, 7) is 2.53. The van der Waals surface area contributed by atoms with Gasteiger partial charge in [-0.15, -0.1) is 0 Å². The monoisotopic (exact) mass is 411 g/mol. The summed E-state index contributed by atoms with van der Waals surface area (Å²) in [6, 6.07) is 12.3. The Morgan fingerprint density at radius 1 is 1.03 bits per heavy atom. The lowest BCUT2D eigenvalue weighted by molar-refractivity contribution is -0.115. The number of nitrogens with one attached hydrogen (secondary N) is 2. The highest BCUT2D eigenvalue weighted by atomic mass is 16.5. The summed E-state index contributed by atoms with van der Waals surface area (Å²) in [7, 11) is 3.17. The van der Waals surface area contributed by atoms with Crippen LogP contribution in [-0.4, -0.2) is 39.2 Å². The number of hydrogen-bond acceptors (Lipinski definition) is 7. The number of carbonyl (C=O) groups excluding carboxylic acids is 2. The lowest BCUT2D eigenvalue weighted by Gasteiger charge is -2.15. The van der Waals surface area contributed by atoms with Crippen LogP contribution in [0.4, 0.5) is 11.4 Å². The first kappa shape index (κ1) is 22.6. The molecule has 0 aliphatic carbocycles. The lowest BCUT2D eigenvalue weighted by Crippen LogP contribution is -2.15. The Morgan fingerprint density at radius 3 is 2.47 bits per heavy atom. The summed E-state index contributed by atoms with van der Waals surface area (Å²) in [6.07, 6.45) is 0.403. The van der Waals surface area contributed by atoms with E-state index >= 15 is 0 Å². The zero-order valence-electron chi connectivity index (χ0n) is 17.3. The van der Waals surface area contributed by atoms with Gasteiger partial charge in [0.2, 0.25) is 5.91 Å². The molecule has 0 saturated heterocycles. The summed E-state index contributed by atoms with van der Waals surface area (Å²) < 4.78 is 15.6. The van der Waals surface area contributed by atoms with Crippen molar-refractivity contribution in [3.63, 3.8) is 0 Å². The van der Waals surface area contributed by atoms with Crippen LogP contribution in [0, 0.1) is 11.3 Å². The molecule has 158 valence electrons. The third-order valence-electron chi connectivity index (χ3n) is 4.22. The summed E-state index contributed by atoms with van der Waals surface area (Å²) >= 11 is 0.